The second-order valence-electron chi connectivity index (χ2n) is 3.92. The minimum absolute atomic E-state index is 0.335. The fraction of sp³-hybridized carbons (Fsp3) is 0.700. The zero-order valence-corrected chi connectivity index (χ0v) is 10.3. The van der Waals surface area contributed by atoms with Gasteiger partial charge in [0.15, 0.2) is 0 Å². The summed E-state index contributed by atoms with van der Waals surface area (Å²) >= 11 is 4.96. The van der Waals surface area contributed by atoms with Crippen LogP contribution < -0.4 is 5.73 Å². The topological polar surface area (TPSA) is 56.7 Å². The van der Waals surface area contributed by atoms with E-state index in [-0.39, 0.29) is 0 Å². The number of hydrogen-bond donors (Lipinski definition) is 1. The molecule has 0 aliphatic carbocycles. The predicted molar refractivity (Wildman–Crippen MR) is 64.9 cm³/mol. The molecular weight excluding hydrogens is 208 g/mol. The molecule has 84 valence electrons. The fourth-order valence-corrected chi connectivity index (χ4v) is 1.69. The van der Waals surface area contributed by atoms with E-state index in [9.17, 15) is 0 Å². The van der Waals surface area contributed by atoms with Gasteiger partial charge in [-0.3, -0.25) is 0 Å². The Bertz CT molecular complexity index is 343. The van der Waals surface area contributed by atoms with E-state index in [1.807, 2.05) is 4.68 Å². The Morgan fingerprint density at radius 1 is 1.53 bits per heavy atom. The first kappa shape index (κ1) is 12.1. The van der Waals surface area contributed by atoms with E-state index in [4.69, 9.17) is 18.0 Å². The van der Waals surface area contributed by atoms with Crippen LogP contribution in [0.5, 0.6) is 0 Å². The summed E-state index contributed by atoms with van der Waals surface area (Å²) < 4.78 is 1.92. The van der Waals surface area contributed by atoms with Gasteiger partial charge in [-0.25, -0.2) is 4.68 Å². The highest BCUT2D eigenvalue weighted by Crippen LogP contribution is 2.17. The summed E-state index contributed by atoms with van der Waals surface area (Å²) in [6, 6.07) is 0. The van der Waals surface area contributed by atoms with Gasteiger partial charge < -0.3 is 5.73 Å². The highest BCUT2D eigenvalue weighted by atomic mass is 32.1. The van der Waals surface area contributed by atoms with Crippen molar-refractivity contribution in [2.75, 3.05) is 0 Å². The van der Waals surface area contributed by atoms with E-state index < -0.39 is 0 Å². The Morgan fingerprint density at radius 3 is 2.67 bits per heavy atom. The largest absolute Gasteiger partial charge is 0.388 e. The molecule has 5 heteroatoms. The van der Waals surface area contributed by atoms with Gasteiger partial charge in [-0.1, -0.05) is 44.6 Å². The van der Waals surface area contributed by atoms with E-state index in [0.29, 0.717) is 16.6 Å². The van der Waals surface area contributed by atoms with Gasteiger partial charge in [0.1, 0.15) is 10.7 Å². The second kappa shape index (κ2) is 5.21. The van der Waals surface area contributed by atoms with Crippen LogP contribution in [0.2, 0.25) is 0 Å². The Kier molecular flexibility index (Phi) is 4.20. The second-order valence-corrected chi connectivity index (χ2v) is 4.36. The summed E-state index contributed by atoms with van der Waals surface area (Å²) in [5, 5.41) is 8.13. The van der Waals surface area contributed by atoms with Gasteiger partial charge in [-0.05, 0) is 12.3 Å². The molecular formula is C10H18N4S. The van der Waals surface area contributed by atoms with Crippen molar-refractivity contribution >= 4 is 17.2 Å². The molecule has 0 amide bonds. The molecule has 15 heavy (non-hydrogen) atoms. The predicted octanol–water partition coefficient (Wildman–Crippen LogP) is 1.84. The third-order valence-electron chi connectivity index (χ3n) is 2.28. The lowest BCUT2D eigenvalue weighted by molar-refractivity contribution is 0.522. The normalized spacial score (nSPS) is 10.9. The summed E-state index contributed by atoms with van der Waals surface area (Å²) in [4.78, 5) is 0.335. The quantitative estimate of drug-likeness (QED) is 0.778. The van der Waals surface area contributed by atoms with Crippen molar-refractivity contribution in [2.45, 2.75) is 46.1 Å². The molecule has 0 aromatic carbocycles. The van der Waals surface area contributed by atoms with E-state index >= 15 is 0 Å². The van der Waals surface area contributed by atoms with Gasteiger partial charge in [0.05, 0.1) is 5.69 Å². The van der Waals surface area contributed by atoms with E-state index in [2.05, 4.69) is 31.1 Å². The molecule has 0 spiro atoms. The molecule has 0 atom stereocenters. The average Bonchev–Trinajstić information content (AvgIpc) is 2.58. The minimum Gasteiger partial charge on any atom is -0.388 e. The molecule has 0 unspecified atom stereocenters. The van der Waals surface area contributed by atoms with Crippen LogP contribution >= 0.6 is 12.2 Å². The van der Waals surface area contributed by atoms with Crippen molar-refractivity contribution in [1.82, 2.24) is 15.0 Å². The van der Waals surface area contributed by atoms with Crippen molar-refractivity contribution in [3.8, 4) is 0 Å². The Morgan fingerprint density at radius 2 is 2.20 bits per heavy atom. The molecule has 0 saturated carbocycles. The summed E-state index contributed by atoms with van der Waals surface area (Å²) in [6.45, 7) is 7.24. The number of unbranched alkanes of at least 4 members (excludes halogenated alkanes) is 1. The monoisotopic (exact) mass is 226 g/mol. The van der Waals surface area contributed by atoms with Crippen LogP contribution in [0, 0.1) is 0 Å². The van der Waals surface area contributed by atoms with Crippen molar-refractivity contribution in [3.63, 3.8) is 0 Å². The summed E-state index contributed by atoms with van der Waals surface area (Å²) in [5.41, 5.74) is 7.34. The number of nitrogens with zero attached hydrogens (tertiary/aromatic N) is 3. The highest BCUT2D eigenvalue weighted by Gasteiger charge is 2.17. The van der Waals surface area contributed by atoms with Gasteiger partial charge >= 0.3 is 0 Å². The molecule has 1 rings (SSSR count). The lowest BCUT2D eigenvalue weighted by atomic mass is 10.1. The maximum Gasteiger partial charge on any atom is 0.143 e. The van der Waals surface area contributed by atoms with Crippen LogP contribution in [0.1, 0.15) is 50.9 Å². The fourth-order valence-electron chi connectivity index (χ4n) is 1.54. The van der Waals surface area contributed by atoms with Gasteiger partial charge in [0.2, 0.25) is 0 Å². The highest BCUT2D eigenvalue weighted by molar-refractivity contribution is 7.80. The van der Waals surface area contributed by atoms with Crippen molar-refractivity contribution in [3.05, 3.63) is 11.4 Å². The van der Waals surface area contributed by atoms with Crippen molar-refractivity contribution in [1.29, 1.82) is 0 Å². The SMILES string of the molecule is CCCCn1nnc(C(N)=S)c1C(C)C. The molecule has 0 bridgehead atoms. The Labute approximate surface area is 95.8 Å². The zero-order chi connectivity index (χ0) is 11.4. The third kappa shape index (κ3) is 2.75. The number of nitrogens with two attached hydrogens (primary N) is 1. The first-order chi connectivity index (χ1) is 7.07. The lowest BCUT2D eigenvalue weighted by Gasteiger charge is -2.09. The maximum atomic E-state index is 5.61. The molecule has 0 aliphatic heterocycles. The zero-order valence-electron chi connectivity index (χ0n) is 9.53. The molecule has 1 aromatic rings. The lowest BCUT2D eigenvalue weighted by Crippen LogP contribution is -2.15. The smallest absolute Gasteiger partial charge is 0.143 e. The number of aromatic nitrogens is 3. The Balaban J connectivity index is 3.01. The average molecular weight is 226 g/mol. The molecule has 0 radical (unpaired) electrons. The molecule has 1 aromatic heterocycles. The Hall–Kier alpha value is -0.970. The van der Waals surface area contributed by atoms with Crippen LogP contribution in [0.25, 0.3) is 0 Å². The van der Waals surface area contributed by atoms with Crippen molar-refractivity contribution in [2.24, 2.45) is 5.73 Å². The first-order valence-corrected chi connectivity index (χ1v) is 5.71. The molecule has 0 saturated heterocycles. The van der Waals surface area contributed by atoms with Crippen LogP contribution in [-0.2, 0) is 6.54 Å². The van der Waals surface area contributed by atoms with Crippen LogP contribution in [0.3, 0.4) is 0 Å². The van der Waals surface area contributed by atoms with Crippen molar-refractivity contribution < 1.29 is 0 Å². The van der Waals surface area contributed by atoms with Crippen LogP contribution in [-0.4, -0.2) is 20.0 Å². The van der Waals surface area contributed by atoms with E-state index in [1.165, 1.54) is 0 Å². The molecule has 2 N–H and O–H groups in total. The van der Waals surface area contributed by atoms with Crippen LogP contribution in [0.4, 0.5) is 0 Å². The van der Waals surface area contributed by atoms with Gasteiger partial charge in [0, 0.05) is 6.54 Å². The molecule has 0 fully saturated rings. The first-order valence-electron chi connectivity index (χ1n) is 5.31. The van der Waals surface area contributed by atoms with Gasteiger partial charge in [-0.15, -0.1) is 5.10 Å². The van der Waals surface area contributed by atoms with E-state index in [0.717, 1.165) is 25.1 Å². The standard InChI is InChI=1S/C10H18N4S/c1-4-5-6-14-9(7(2)3)8(10(11)15)12-13-14/h7H,4-6H2,1-3H3,(H2,11,15). The third-order valence-corrected chi connectivity index (χ3v) is 2.47. The maximum absolute atomic E-state index is 5.61. The molecule has 1 heterocycles. The van der Waals surface area contributed by atoms with Gasteiger partial charge in [-0.2, -0.15) is 0 Å². The van der Waals surface area contributed by atoms with Crippen LogP contribution in [0.15, 0.2) is 0 Å². The number of thiocarbonyl (C=S) groups is 1. The minimum atomic E-state index is 0.335. The summed E-state index contributed by atoms with van der Waals surface area (Å²) in [7, 11) is 0. The van der Waals surface area contributed by atoms with E-state index in [1.54, 1.807) is 0 Å². The summed E-state index contributed by atoms with van der Waals surface area (Å²) in [5.74, 6) is 0.341. The molecule has 0 aliphatic rings. The molecule has 4 nitrogen and oxygen atoms in total. The number of rotatable bonds is 5. The van der Waals surface area contributed by atoms with Gasteiger partial charge in [0.25, 0.3) is 0 Å². The number of hydrogen-bond acceptors (Lipinski definition) is 3. The summed E-state index contributed by atoms with van der Waals surface area (Å²) in [6.07, 6.45) is 2.24. The number of aryl methyl sites for hydroxylation is 1.